The van der Waals surface area contributed by atoms with Crippen molar-refractivity contribution in [3.8, 4) is 11.6 Å². The van der Waals surface area contributed by atoms with Crippen LogP contribution in [0.4, 0.5) is 0 Å². The van der Waals surface area contributed by atoms with Gasteiger partial charge in [-0.3, -0.25) is 4.79 Å². The largest absolute Gasteiger partial charge is 0.461 e. The SMILES string of the molecule is Cc1ccoc1-c1noc(CC(=O)C2CCCC2)n1. The Morgan fingerprint density at radius 1 is 1.42 bits per heavy atom. The number of nitrogens with zero attached hydrogens (tertiary/aromatic N) is 2. The van der Waals surface area contributed by atoms with Crippen LogP contribution < -0.4 is 0 Å². The predicted octanol–water partition coefficient (Wildman–Crippen LogP) is 2.94. The van der Waals surface area contributed by atoms with Gasteiger partial charge in [0.05, 0.1) is 12.7 Å². The standard InChI is InChI=1S/C14H16N2O3/c1-9-6-7-18-13(9)14-15-12(19-16-14)8-11(17)10-4-2-3-5-10/h6-7,10H,2-5,8H2,1H3. The van der Waals surface area contributed by atoms with E-state index < -0.39 is 0 Å². The number of furan rings is 1. The van der Waals surface area contributed by atoms with Crippen LogP contribution in [-0.2, 0) is 11.2 Å². The van der Waals surface area contributed by atoms with E-state index in [1.165, 1.54) is 0 Å². The number of carbonyl (C=O) groups is 1. The molecule has 0 spiro atoms. The third kappa shape index (κ3) is 2.45. The quantitative estimate of drug-likeness (QED) is 0.845. The molecule has 0 radical (unpaired) electrons. The lowest BCUT2D eigenvalue weighted by molar-refractivity contribution is -0.122. The second-order valence-corrected chi connectivity index (χ2v) is 5.07. The summed E-state index contributed by atoms with van der Waals surface area (Å²) in [5.74, 6) is 1.78. The fourth-order valence-corrected chi connectivity index (χ4v) is 2.56. The van der Waals surface area contributed by atoms with Crippen molar-refractivity contribution < 1.29 is 13.7 Å². The highest BCUT2D eigenvalue weighted by Crippen LogP contribution is 2.27. The zero-order chi connectivity index (χ0) is 13.2. The van der Waals surface area contributed by atoms with E-state index in [1.807, 2.05) is 13.0 Å². The number of aromatic nitrogens is 2. The lowest BCUT2D eigenvalue weighted by Gasteiger charge is -2.04. The van der Waals surface area contributed by atoms with Gasteiger partial charge in [0, 0.05) is 5.92 Å². The zero-order valence-electron chi connectivity index (χ0n) is 10.9. The van der Waals surface area contributed by atoms with Crippen molar-refractivity contribution in [2.24, 2.45) is 5.92 Å². The summed E-state index contributed by atoms with van der Waals surface area (Å²) in [6.07, 6.45) is 6.12. The van der Waals surface area contributed by atoms with Gasteiger partial charge in [0.2, 0.25) is 11.7 Å². The molecule has 1 aliphatic rings. The van der Waals surface area contributed by atoms with Gasteiger partial charge in [-0.25, -0.2) is 0 Å². The molecule has 19 heavy (non-hydrogen) atoms. The van der Waals surface area contributed by atoms with E-state index in [4.69, 9.17) is 8.94 Å². The molecular formula is C14H16N2O3. The van der Waals surface area contributed by atoms with Gasteiger partial charge >= 0.3 is 0 Å². The summed E-state index contributed by atoms with van der Waals surface area (Å²) >= 11 is 0. The molecule has 0 aliphatic heterocycles. The summed E-state index contributed by atoms with van der Waals surface area (Å²) in [6, 6.07) is 1.84. The maximum atomic E-state index is 12.0. The van der Waals surface area contributed by atoms with Crippen LogP contribution in [0.3, 0.4) is 0 Å². The fourth-order valence-electron chi connectivity index (χ4n) is 2.56. The summed E-state index contributed by atoms with van der Waals surface area (Å²) < 4.78 is 10.4. The molecule has 0 unspecified atom stereocenters. The Balaban J connectivity index is 1.71. The van der Waals surface area contributed by atoms with E-state index in [-0.39, 0.29) is 18.1 Å². The van der Waals surface area contributed by atoms with Gasteiger partial charge in [0.1, 0.15) is 5.78 Å². The van der Waals surface area contributed by atoms with Gasteiger partial charge in [-0.15, -0.1) is 0 Å². The van der Waals surface area contributed by atoms with Gasteiger partial charge in [-0.05, 0) is 31.4 Å². The minimum Gasteiger partial charge on any atom is -0.461 e. The minimum atomic E-state index is 0.181. The van der Waals surface area contributed by atoms with Gasteiger partial charge in [0.25, 0.3) is 0 Å². The highest BCUT2D eigenvalue weighted by Gasteiger charge is 2.25. The van der Waals surface area contributed by atoms with E-state index in [2.05, 4.69) is 10.1 Å². The average molecular weight is 260 g/mol. The molecule has 0 amide bonds. The molecule has 2 heterocycles. The highest BCUT2D eigenvalue weighted by atomic mass is 16.5. The van der Waals surface area contributed by atoms with Crippen LogP contribution in [0.5, 0.6) is 0 Å². The van der Waals surface area contributed by atoms with E-state index in [0.717, 1.165) is 31.2 Å². The van der Waals surface area contributed by atoms with Crippen LogP contribution in [0.25, 0.3) is 11.6 Å². The van der Waals surface area contributed by atoms with Gasteiger partial charge < -0.3 is 8.94 Å². The number of aryl methyl sites for hydroxylation is 1. The molecule has 2 aromatic rings. The molecule has 0 bridgehead atoms. The molecule has 0 aromatic carbocycles. The van der Waals surface area contributed by atoms with Crippen LogP contribution in [0.15, 0.2) is 21.3 Å². The topological polar surface area (TPSA) is 69.1 Å². The van der Waals surface area contributed by atoms with Gasteiger partial charge in [-0.2, -0.15) is 4.98 Å². The first-order valence-electron chi connectivity index (χ1n) is 6.64. The third-order valence-corrected chi connectivity index (χ3v) is 3.67. The molecule has 5 heteroatoms. The smallest absolute Gasteiger partial charge is 0.238 e. The lowest BCUT2D eigenvalue weighted by Crippen LogP contribution is -2.13. The molecule has 2 aromatic heterocycles. The van der Waals surface area contributed by atoms with Gasteiger partial charge in [-0.1, -0.05) is 18.0 Å². The van der Waals surface area contributed by atoms with Crippen molar-refractivity contribution in [1.29, 1.82) is 0 Å². The maximum absolute atomic E-state index is 12.0. The number of hydrogen-bond donors (Lipinski definition) is 0. The summed E-state index contributed by atoms with van der Waals surface area (Å²) in [4.78, 5) is 16.3. The van der Waals surface area contributed by atoms with Crippen LogP contribution in [-0.4, -0.2) is 15.9 Å². The van der Waals surface area contributed by atoms with Crippen LogP contribution >= 0.6 is 0 Å². The molecule has 1 aliphatic carbocycles. The van der Waals surface area contributed by atoms with Crippen molar-refractivity contribution in [2.75, 3.05) is 0 Å². The molecule has 1 saturated carbocycles. The molecule has 0 N–H and O–H groups in total. The monoisotopic (exact) mass is 260 g/mol. The van der Waals surface area contributed by atoms with Gasteiger partial charge in [0.15, 0.2) is 5.76 Å². The summed E-state index contributed by atoms with van der Waals surface area (Å²) in [6.45, 7) is 1.92. The Hall–Kier alpha value is -1.91. The second kappa shape index (κ2) is 4.99. The van der Waals surface area contributed by atoms with Crippen molar-refractivity contribution in [2.45, 2.75) is 39.0 Å². The predicted molar refractivity (Wildman–Crippen MR) is 67.4 cm³/mol. The summed E-state index contributed by atoms with van der Waals surface area (Å²) in [7, 11) is 0. The Labute approximate surface area is 111 Å². The molecule has 0 saturated heterocycles. The Kier molecular flexibility index (Phi) is 3.19. The highest BCUT2D eigenvalue weighted by molar-refractivity contribution is 5.82. The van der Waals surface area contributed by atoms with Crippen molar-refractivity contribution in [3.05, 3.63) is 23.8 Å². The van der Waals surface area contributed by atoms with Crippen LogP contribution in [0, 0.1) is 12.8 Å². The van der Waals surface area contributed by atoms with Crippen molar-refractivity contribution in [1.82, 2.24) is 10.1 Å². The number of carbonyl (C=O) groups excluding carboxylic acids is 1. The number of rotatable bonds is 4. The van der Waals surface area contributed by atoms with E-state index >= 15 is 0 Å². The first-order chi connectivity index (χ1) is 9.24. The van der Waals surface area contributed by atoms with Crippen LogP contribution in [0.1, 0.15) is 37.1 Å². The summed E-state index contributed by atoms with van der Waals surface area (Å²) in [5.41, 5.74) is 0.953. The molecule has 5 nitrogen and oxygen atoms in total. The van der Waals surface area contributed by atoms with Crippen molar-refractivity contribution in [3.63, 3.8) is 0 Å². The molecular weight excluding hydrogens is 244 g/mol. The lowest BCUT2D eigenvalue weighted by atomic mass is 10.0. The van der Waals surface area contributed by atoms with Crippen molar-refractivity contribution >= 4 is 5.78 Å². The number of ketones is 1. The first-order valence-corrected chi connectivity index (χ1v) is 6.64. The number of Topliss-reactive ketones (excluding diaryl/α,β-unsaturated/α-hetero) is 1. The third-order valence-electron chi connectivity index (χ3n) is 3.67. The Morgan fingerprint density at radius 2 is 2.21 bits per heavy atom. The average Bonchev–Trinajstić information content (AvgIpc) is 3.08. The fraction of sp³-hybridized carbons (Fsp3) is 0.500. The number of hydrogen-bond acceptors (Lipinski definition) is 5. The van der Waals surface area contributed by atoms with E-state index in [0.29, 0.717) is 17.5 Å². The van der Waals surface area contributed by atoms with E-state index in [9.17, 15) is 4.79 Å². The van der Waals surface area contributed by atoms with E-state index in [1.54, 1.807) is 6.26 Å². The van der Waals surface area contributed by atoms with Crippen LogP contribution in [0.2, 0.25) is 0 Å². The molecule has 3 rings (SSSR count). The maximum Gasteiger partial charge on any atom is 0.238 e. The minimum absolute atomic E-state index is 0.181. The first kappa shape index (κ1) is 12.1. The Morgan fingerprint density at radius 3 is 2.89 bits per heavy atom. The molecule has 1 fully saturated rings. The zero-order valence-corrected chi connectivity index (χ0v) is 10.9. The second-order valence-electron chi connectivity index (χ2n) is 5.07. The molecule has 100 valence electrons. The Bertz CT molecular complexity index is 579. The molecule has 0 atom stereocenters. The normalized spacial score (nSPS) is 16.1. The summed E-state index contributed by atoms with van der Waals surface area (Å²) in [5, 5.41) is 3.87.